The number of hydrogen-bond acceptors (Lipinski definition) is 5. The third kappa shape index (κ3) is 7.38. The number of carbonyl (C=O) groups is 2. The van der Waals surface area contributed by atoms with Crippen LogP contribution in [0.2, 0.25) is 0 Å². The Kier molecular flexibility index (Phi) is 10.5. The number of allylic oxidation sites excluding steroid dienone is 2. The summed E-state index contributed by atoms with van der Waals surface area (Å²) in [5.74, 6) is 0.984. The molecule has 0 spiro atoms. The Morgan fingerprint density at radius 1 is 1.21 bits per heavy atom. The number of hydrogen-bond donors (Lipinski definition) is 1. The van der Waals surface area contributed by atoms with Gasteiger partial charge in [-0.15, -0.1) is 0 Å². The maximum Gasteiger partial charge on any atom is 0.184 e. The predicted octanol–water partition coefficient (Wildman–Crippen LogP) is 6.13. The van der Waals surface area contributed by atoms with E-state index in [0.717, 1.165) is 72.3 Å². The fraction of sp³-hybridized carbons (Fsp3) is 0.407. The third-order valence-corrected chi connectivity index (χ3v) is 5.54. The first-order valence-corrected chi connectivity index (χ1v) is 11.6. The van der Waals surface area contributed by atoms with Gasteiger partial charge < -0.3 is 9.82 Å². The zero-order valence-corrected chi connectivity index (χ0v) is 20.2. The number of H-pyrrole nitrogens is 1. The predicted molar refractivity (Wildman–Crippen MR) is 135 cm³/mol. The van der Waals surface area contributed by atoms with Crippen molar-refractivity contribution in [3.63, 3.8) is 0 Å². The Hall–Kier alpha value is -3.28. The Balaban J connectivity index is 1.95. The van der Waals surface area contributed by atoms with Gasteiger partial charge in [0.1, 0.15) is 18.6 Å². The van der Waals surface area contributed by atoms with Crippen molar-refractivity contribution >= 4 is 23.4 Å². The quantitative estimate of drug-likeness (QED) is 0.163. The minimum atomic E-state index is -0.0395. The highest BCUT2D eigenvalue weighted by molar-refractivity contribution is 6.43. The Morgan fingerprint density at radius 2 is 1.97 bits per heavy atom. The molecule has 0 atom stereocenters. The van der Waals surface area contributed by atoms with Gasteiger partial charge in [0.05, 0.1) is 11.9 Å². The van der Waals surface area contributed by atoms with E-state index in [4.69, 9.17) is 0 Å². The van der Waals surface area contributed by atoms with E-state index in [0.29, 0.717) is 6.42 Å². The van der Waals surface area contributed by atoms with Crippen LogP contribution in [0.25, 0.3) is 17.3 Å². The largest absolute Gasteiger partial charge is 0.399 e. The summed E-state index contributed by atoms with van der Waals surface area (Å²) < 4.78 is 0. The van der Waals surface area contributed by atoms with E-state index >= 15 is 0 Å². The molecule has 1 aromatic heterocycles. The molecule has 0 bridgehead atoms. The normalized spacial score (nSPS) is 11.7. The average Bonchev–Trinajstić information content (AvgIpc) is 3.28. The van der Waals surface area contributed by atoms with Crippen LogP contribution in [0.3, 0.4) is 0 Å². The number of oxime groups is 1. The van der Waals surface area contributed by atoms with Gasteiger partial charge in [0.15, 0.2) is 11.6 Å². The Labute approximate surface area is 196 Å². The number of Topliss-reactive ketones (excluding diaryl/α,β-unsaturated/α-hetero) is 2. The third-order valence-electron chi connectivity index (χ3n) is 5.54. The summed E-state index contributed by atoms with van der Waals surface area (Å²) in [5, 5.41) is 3.68. The summed E-state index contributed by atoms with van der Waals surface area (Å²) in [6.07, 6.45) is 13.2. The second-order valence-electron chi connectivity index (χ2n) is 7.95. The van der Waals surface area contributed by atoms with Crippen LogP contribution in [0.15, 0.2) is 42.2 Å². The zero-order valence-electron chi connectivity index (χ0n) is 20.2. The van der Waals surface area contributed by atoms with Crippen LogP contribution in [-0.4, -0.2) is 34.4 Å². The number of carbonyl (C=O) groups excluding carboxylic acids is 2. The zero-order chi connectivity index (χ0) is 24.2. The van der Waals surface area contributed by atoms with Crippen molar-refractivity contribution in [2.45, 2.75) is 65.7 Å². The lowest BCUT2D eigenvalue weighted by atomic mass is 9.93. The van der Waals surface area contributed by atoms with E-state index in [-0.39, 0.29) is 17.3 Å². The van der Waals surface area contributed by atoms with E-state index in [9.17, 15) is 9.59 Å². The molecule has 2 rings (SSSR count). The molecule has 0 fully saturated rings. The van der Waals surface area contributed by atoms with E-state index in [2.05, 4.69) is 39.5 Å². The summed E-state index contributed by atoms with van der Waals surface area (Å²) in [6, 6.07) is 4.08. The highest BCUT2D eigenvalue weighted by Gasteiger charge is 2.14. The lowest BCUT2D eigenvalue weighted by molar-refractivity contribution is -0.113. The topological polar surface area (TPSA) is 84.4 Å². The number of aromatic amines is 1. The Morgan fingerprint density at radius 3 is 2.61 bits per heavy atom. The number of unbranched alkanes of at least 4 members (excludes halogenated alkanes) is 3. The molecule has 0 aliphatic carbocycles. The molecule has 2 aromatic rings. The highest BCUT2D eigenvalue weighted by atomic mass is 16.6. The molecule has 0 unspecified atom stereocenters. The summed E-state index contributed by atoms with van der Waals surface area (Å²) >= 11 is 0. The number of ketones is 2. The summed E-state index contributed by atoms with van der Waals surface area (Å²) in [7, 11) is 1.42. The fourth-order valence-electron chi connectivity index (χ4n) is 3.81. The van der Waals surface area contributed by atoms with E-state index in [1.165, 1.54) is 13.2 Å². The van der Waals surface area contributed by atoms with Crippen molar-refractivity contribution in [3.05, 3.63) is 59.6 Å². The van der Waals surface area contributed by atoms with E-state index in [1.807, 2.05) is 31.3 Å². The molecule has 6 heteroatoms. The van der Waals surface area contributed by atoms with Gasteiger partial charge in [-0.25, -0.2) is 4.98 Å². The highest BCUT2D eigenvalue weighted by Crippen LogP contribution is 2.28. The molecule has 6 nitrogen and oxygen atoms in total. The molecule has 176 valence electrons. The Bertz CT molecular complexity index is 1030. The van der Waals surface area contributed by atoms with Crippen LogP contribution in [0.5, 0.6) is 0 Å². The van der Waals surface area contributed by atoms with Crippen molar-refractivity contribution in [3.8, 4) is 11.3 Å². The number of nitrogens with one attached hydrogen (secondary N) is 1. The van der Waals surface area contributed by atoms with Gasteiger partial charge >= 0.3 is 0 Å². The van der Waals surface area contributed by atoms with Crippen LogP contribution in [-0.2, 0) is 22.5 Å². The smallest absolute Gasteiger partial charge is 0.184 e. The minimum Gasteiger partial charge on any atom is -0.399 e. The number of aryl methyl sites for hydroxylation is 2. The monoisotopic (exact) mass is 449 g/mol. The first-order valence-electron chi connectivity index (χ1n) is 11.6. The van der Waals surface area contributed by atoms with Crippen molar-refractivity contribution in [2.24, 2.45) is 5.16 Å². The van der Waals surface area contributed by atoms with Crippen LogP contribution < -0.4 is 0 Å². The minimum absolute atomic E-state index is 0.0395. The lowest BCUT2D eigenvalue weighted by Gasteiger charge is -2.11. The van der Waals surface area contributed by atoms with Crippen LogP contribution >= 0.6 is 0 Å². The maximum atomic E-state index is 12.1. The molecule has 0 saturated heterocycles. The number of nitrogens with zero attached hydrogens (tertiary/aromatic N) is 2. The molecule has 1 heterocycles. The SMILES string of the molecule is C=C/C(=N\OC)C(=O)CCCCCCc1ncc(-c2cc(/C=C\C)c(C(C)=O)cc2CC)[nH]1. The van der Waals surface area contributed by atoms with Crippen molar-refractivity contribution in [1.82, 2.24) is 9.97 Å². The molecule has 1 N–H and O–H groups in total. The maximum absolute atomic E-state index is 12.1. The van der Waals surface area contributed by atoms with Gasteiger partial charge in [0.25, 0.3) is 0 Å². The van der Waals surface area contributed by atoms with E-state index < -0.39 is 0 Å². The number of benzene rings is 1. The van der Waals surface area contributed by atoms with Gasteiger partial charge in [-0.2, -0.15) is 0 Å². The molecule has 33 heavy (non-hydrogen) atoms. The fourth-order valence-corrected chi connectivity index (χ4v) is 3.81. The first-order chi connectivity index (χ1) is 15.9. The summed E-state index contributed by atoms with van der Waals surface area (Å²) in [6.45, 7) is 9.25. The lowest BCUT2D eigenvalue weighted by Crippen LogP contribution is -2.11. The van der Waals surface area contributed by atoms with Crippen LogP contribution in [0.4, 0.5) is 0 Å². The standard InChI is InChI=1S/C27H35N3O3/c1-6-13-21-17-23(20(7-2)16-22(21)19(4)31)25-18-28-27(29-25)15-12-10-9-11-14-26(32)24(8-3)30-33-5/h6,8,13,16-18H,3,7,9-12,14-15H2,1-2,4-5H3,(H,28,29)/b13-6-,30-24+. The van der Waals surface area contributed by atoms with Crippen molar-refractivity contribution in [2.75, 3.05) is 7.11 Å². The van der Waals surface area contributed by atoms with Gasteiger partial charge in [0, 0.05) is 24.0 Å². The molecule has 0 radical (unpaired) electrons. The molecule has 0 saturated carbocycles. The molecule has 0 aliphatic rings. The second-order valence-corrected chi connectivity index (χ2v) is 7.95. The van der Waals surface area contributed by atoms with Gasteiger partial charge in [-0.1, -0.05) is 43.7 Å². The van der Waals surface area contributed by atoms with Crippen molar-refractivity contribution in [1.29, 1.82) is 0 Å². The van der Waals surface area contributed by atoms with Gasteiger partial charge in [-0.3, -0.25) is 9.59 Å². The second kappa shape index (κ2) is 13.3. The van der Waals surface area contributed by atoms with Gasteiger partial charge in [-0.05, 0) is 62.4 Å². The molecule has 0 aliphatic heterocycles. The molecule has 0 amide bonds. The number of imidazole rings is 1. The molecular formula is C27H35N3O3. The molecule has 1 aromatic carbocycles. The summed E-state index contributed by atoms with van der Waals surface area (Å²) in [5.41, 5.74) is 5.15. The van der Waals surface area contributed by atoms with Crippen LogP contribution in [0, 0.1) is 0 Å². The number of rotatable bonds is 14. The average molecular weight is 450 g/mol. The van der Waals surface area contributed by atoms with Crippen molar-refractivity contribution < 1.29 is 14.4 Å². The van der Waals surface area contributed by atoms with Crippen LogP contribution in [0.1, 0.15) is 80.2 Å². The number of aromatic nitrogens is 2. The molecular weight excluding hydrogens is 414 g/mol. The van der Waals surface area contributed by atoms with E-state index in [1.54, 1.807) is 6.92 Å². The first kappa shape index (κ1) is 26.0. The summed E-state index contributed by atoms with van der Waals surface area (Å²) in [4.78, 5) is 36.8. The van der Waals surface area contributed by atoms with Gasteiger partial charge in [0.2, 0.25) is 0 Å².